The van der Waals surface area contributed by atoms with Crippen LogP contribution < -0.4 is 5.56 Å². The molecule has 0 aliphatic carbocycles. The van der Waals surface area contributed by atoms with Gasteiger partial charge in [-0.25, -0.2) is 13.1 Å². The number of hydrogen-bond donors (Lipinski definition) is 0. The number of fused-ring (bicyclic) bond motifs is 1. The first kappa shape index (κ1) is 18.8. The normalized spacial score (nSPS) is 16.6. The summed E-state index contributed by atoms with van der Waals surface area (Å²) in [6.45, 7) is 3.18. The minimum absolute atomic E-state index is 0.136. The summed E-state index contributed by atoms with van der Waals surface area (Å²) >= 11 is 0. The van der Waals surface area contributed by atoms with Gasteiger partial charge < -0.3 is 4.52 Å². The minimum Gasteiger partial charge on any atom is -0.356 e. The Kier molecular flexibility index (Phi) is 5.25. The van der Waals surface area contributed by atoms with Crippen LogP contribution >= 0.6 is 0 Å². The zero-order valence-corrected chi connectivity index (χ0v) is 16.1. The van der Waals surface area contributed by atoms with E-state index in [1.807, 2.05) is 18.2 Å². The standard InChI is InChI=1S/C18H21N5O4S/c24-18-6-3-7-19-23(18)13-10-21-8-11-22(12-9-21)28(25,26)14-16-15-4-1-2-5-17(15)27-20-16/h1-7H,8-14H2. The van der Waals surface area contributed by atoms with Gasteiger partial charge in [-0.15, -0.1) is 0 Å². The van der Waals surface area contributed by atoms with Crippen LogP contribution in [-0.4, -0.2) is 65.3 Å². The van der Waals surface area contributed by atoms with Crippen molar-refractivity contribution in [3.8, 4) is 0 Å². The molecule has 0 unspecified atom stereocenters. The molecular formula is C18H21N5O4S. The van der Waals surface area contributed by atoms with Gasteiger partial charge in [-0.3, -0.25) is 9.69 Å². The molecule has 10 heteroatoms. The predicted octanol–water partition coefficient (Wildman–Crippen LogP) is 0.532. The Morgan fingerprint density at radius 1 is 1.00 bits per heavy atom. The second-order valence-corrected chi connectivity index (χ2v) is 8.68. The highest BCUT2D eigenvalue weighted by molar-refractivity contribution is 7.88. The first-order valence-electron chi connectivity index (χ1n) is 9.08. The van der Waals surface area contributed by atoms with E-state index in [1.54, 1.807) is 18.3 Å². The van der Waals surface area contributed by atoms with Gasteiger partial charge in [0, 0.05) is 50.4 Å². The molecule has 0 bridgehead atoms. The Morgan fingerprint density at radius 2 is 1.79 bits per heavy atom. The largest absolute Gasteiger partial charge is 0.356 e. The SMILES string of the molecule is O=c1cccnn1CCN1CCN(S(=O)(=O)Cc2noc3ccccc23)CC1. The van der Waals surface area contributed by atoms with Crippen molar-refractivity contribution in [2.45, 2.75) is 12.3 Å². The van der Waals surface area contributed by atoms with E-state index in [4.69, 9.17) is 4.52 Å². The number of nitrogens with zero attached hydrogens (tertiary/aromatic N) is 5. The lowest BCUT2D eigenvalue weighted by atomic mass is 10.2. The van der Waals surface area contributed by atoms with Crippen LogP contribution in [0.25, 0.3) is 11.0 Å². The summed E-state index contributed by atoms with van der Waals surface area (Å²) in [7, 11) is -3.48. The van der Waals surface area contributed by atoms with Gasteiger partial charge in [0.05, 0.1) is 6.54 Å². The predicted molar refractivity (Wildman–Crippen MR) is 103 cm³/mol. The maximum Gasteiger partial charge on any atom is 0.266 e. The molecule has 9 nitrogen and oxygen atoms in total. The first-order chi connectivity index (χ1) is 13.5. The highest BCUT2D eigenvalue weighted by Crippen LogP contribution is 2.21. The van der Waals surface area contributed by atoms with E-state index in [0.717, 1.165) is 5.39 Å². The Labute approximate surface area is 162 Å². The van der Waals surface area contributed by atoms with Gasteiger partial charge in [-0.2, -0.15) is 9.40 Å². The van der Waals surface area contributed by atoms with E-state index in [-0.39, 0.29) is 11.3 Å². The Bertz CT molecular complexity index is 1120. The second kappa shape index (κ2) is 7.82. The van der Waals surface area contributed by atoms with Crippen LogP contribution in [0.1, 0.15) is 5.69 Å². The quantitative estimate of drug-likeness (QED) is 0.592. The third kappa shape index (κ3) is 3.98. The molecule has 1 saturated heterocycles. The molecule has 3 heterocycles. The smallest absolute Gasteiger partial charge is 0.266 e. The van der Waals surface area contributed by atoms with E-state index in [1.165, 1.54) is 15.1 Å². The zero-order chi connectivity index (χ0) is 19.6. The molecule has 0 saturated carbocycles. The van der Waals surface area contributed by atoms with Crippen LogP contribution in [0, 0.1) is 0 Å². The van der Waals surface area contributed by atoms with Crippen LogP contribution in [0.5, 0.6) is 0 Å². The lowest BCUT2D eigenvalue weighted by molar-refractivity contribution is 0.180. The van der Waals surface area contributed by atoms with Gasteiger partial charge in [-0.05, 0) is 18.2 Å². The maximum absolute atomic E-state index is 12.8. The summed E-state index contributed by atoms with van der Waals surface area (Å²) in [5.41, 5.74) is 0.887. The molecule has 4 rings (SSSR count). The van der Waals surface area contributed by atoms with Gasteiger partial charge in [-0.1, -0.05) is 17.3 Å². The molecule has 1 aromatic carbocycles. The summed E-state index contributed by atoms with van der Waals surface area (Å²) in [4.78, 5) is 13.8. The van der Waals surface area contributed by atoms with Crippen molar-refractivity contribution in [2.24, 2.45) is 0 Å². The Balaban J connectivity index is 1.35. The molecule has 148 valence electrons. The summed E-state index contributed by atoms with van der Waals surface area (Å²) in [5.74, 6) is -0.173. The number of benzene rings is 1. The first-order valence-corrected chi connectivity index (χ1v) is 10.7. The molecule has 1 fully saturated rings. The number of rotatable bonds is 6. The molecule has 2 aromatic heterocycles. The highest BCUT2D eigenvalue weighted by Gasteiger charge is 2.28. The van der Waals surface area contributed by atoms with Crippen molar-refractivity contribution in [3.63, 3.8) is 0 Å². The van der Waals surface area contributed by atoms with Crippen LogP contribution in [0.15, 0.2) is 51.9 Å². The van der Waals surface area contributed by atoms with E-state index in [2.05, 4.69) is 15.2 Å². The third-order valence-electron chi connectivity index (χ3n) is 4.91. The van der Waals surface area contributed by atoms with Crippen LogP contribution in [0.4, 0.5) is 0 Å². The third-order valence-corrected chi connectivity index (χ3v) is 6.70. The Morgan fingerprint density at radius 3 is 2.57 bits per heavy atom. The lowest BCUT2D eigenvalue weighted by Crippen LogP contribution is -2.49. The molecule has 0 radical (unpaired) electrons. The Hall–Kier alpha value is -2.56. The van der Waals surface area contributed by atoms with Gasteiger partial charge in [0.2, 0.25) is 10.0 Å². The fourth-order valence-electron chi connectivity index (χ4n) is 3.33. The average molecular weight is 403 g/mol. The number of hydrogen-bond acceptors (Lipinski definition) is 7. The van der Waals surface area contributed by atoms with Gasteiger partial charge in [0.1, 0.15) is 11.4 Å². The second-order valence-electron chi connectivity index (χ2n) is 6.71. The topological polar surface area (TPSA) is 102 Å². The fourth-order valence-corrected chi connectivity index (χ4v) is 4.78. The van der Waals surface area contributed by atoms with E-state index in [0.29, 0.717) is 50.5 Å². The van der Waals surface area contributed by atoms with Gasteiger partial charge in [0.25, 0.3) is 5.56 Å². The summed E-state index contributed by atoms with van der Waals surface area (Å²) in [6.07, 6.45) is 1.58. The van der Waals surface area contributed by atoms with Crippen molar-refractivity contribution in [3.05, 3.63) is 58.6 Å². The number of sulfonamides is 1. The molecular weight excluding hydrogens is 382 g/mol. The van der Waals surface area contributed by atoms with Crippen molar-refractivity contribution < 1.29 is 12.9 Å². The zero-order valence-electron chi connectivity index (χ0n) is 15.3. The molecule has 0 N–H and O–H groups in total. The van der Waals surface area contributed by atoms with E-state index < -0.39 is 10.0 Å². The summed E-state index contributed by atoms with van der Waals surface area (Å²) < 4.78 is 33.7. The van der Waals surface area contributed by atoms with Crippen molar-refractivity contribution in [2.75, 3.05) is 32.7 Å². The van der Waals surface area contributed by atoms with E-state index >= 15 is 0 Å². The molecule has 0 spiro atoms. The van der Waals surface area contributed by atoms with Gasteiger partial charge in [0.15, 0.2) is 5.58 Å². The molecule has 28 heavy (non-hydrogen) atoms. The number of piperazine rings is 1. The molecule has 1 aliphatic rings. The lowest BCUT2D eigenvalue weighted by Gasteiger charge is -2.33. The maximum atomic E-state index is 12.8. The van der Waals surface area contributed by atoms with Crippen LogP contribution in [0.3, 0.4) is 0 Å². The van der Waals surface area contributed by atoms with Crippen molar-refractivity contribution in [1.29, 1.82) is 0 Å². The van der Waals surface area contributed by atoms with E-state index in [9.17, 15) is 13.2 Å². The van der Waals surface area contributed by atoms with Crippen LogP contribution in [-0.2, 0) is 22.3 Å². The monoisotopic (exact) mass is 403 g/mol. The van der Waals surface area contributed by atoms with Crippen molar-refractivity contribution in [1.82, 2.24) is 24.1 Å². The molecule has 0 amide bonds. The molecule has 0 atom stereocenters. The molecule has 3 aromatic rings. The fraction of sp³-hybridized carbons (Fsp3) is 0.389. The average Bonchev–Trinajstić information content (AvgIpc) is 3.10. The number of para-hydroxylation sites is 1. The molecule has 1 aliphatic heterocycles. The summed E-state index contributed by atoms with van der Waals surface area (Å²) in [5, 5.41) is 8.70. The highest BCUT2D eigenvalue weighted by atomic mass is 32.2. The number of aromatic nitrogens is 3. The summed E-state index contributed by atoms with van der Waals surface area (Å²) in [6, 6.07) is 10.3. The van der Waals surface area contributed by atoms with Crippen LogP contribution in [0.2, 0.25) is 0 Å². The minimum atomic E-state index is -3.48. The van der Waals surface area contributed by atoms with Crippen molar-refractivity contribution >= 4 is 21.0 Å². The van der Waals surface area contributed by atoms with Gasteiger partial charge >= 0.3 is 0 Å².